The van der Waals surface area contributed by atoms with Gasteiger partial charge in [-0.25, -0.2) is 14.0 Å². The highest BCUT2D eigenvalue weighted by molar-refractivity contribution is 7.99. The molecule has 0 radical (unpaired) electrons. The van der Waals surface area contributed by atoms with E-state index in [4.69, 9.17) is 21.8 Å². The molecule has 4 rings (SSSR count). The summed E-state index contributed by atoms with van der Waals surface area (Å²) < 4.78 is 13.8. The second-order valence-corrected chi connectivity index (χ2v) is 9.13. The van der Waals surface area contributed by atoms with Gasteiger partial charge in [0.25, 0.3) is 0 Å². The second kappa shape index (κ2) is 11.0. The van der Waals surface area contributed by atoms with E-state index < -0.39 is 11.9 Å². The Morgan fingerprint density at radius 1 is 1.03 bits per heavy atom. The summed E-state index contributed by atoms with van der Waals surface area (Å²) in [6.07, 6.45) is 2.04. The van der Waals surface area contributed by atoms with Crippen molar-refractivity contribution in [2.45, 2.75) is 22.3 Å². The molecule has 2 aliphatic heterocycles. The fourth-order valence-corrected chi connectivity index (χ4v) is 5.05. The molecule has 0 aromatic heterocycles. The first-order chi connectivity index (χ1) is 15.2. The first kappa shape index (κ1) is 24.3. The number of benzene rings is 2. The third kappa shape index (κ3) is 6.56. The normalized spacial score (nSPS) is 18.8. The van der Waals surface area contributed by atoms with Crippen molar-refractivity contribution in [1.29, 1.82) is 0 Å². The number of nitrogens with zero attached hydrogens (tertiary/aromatic N) is 2. The van der Waals surface area contributed by atoms with E-state index in [1.807, 2.05) is 12.1 Å². The van der Waals surface area contributed by atoms with E-state index in [0.29, 0.717) is 12.2 Å². The van der Waals surface area contributed by atoms with Crippen LogP contribution in [0.3, 0.4) is 0 Å². The number of fused-ring (bicyclic) bond motifs is 2. The number of carboxylic acid groups (broad SMARTS) is 2. The number of halogens is 2. The van der Waals surface area contributed by atoms with Crippen LogP contribution in [0.25, 0.3) is 0 Å². The maximum Gasteiger partial charge on any atom is 0.328 e. The minimum Gasteiger partial charge on any atom is -0.478 e. The number of hydrogen-bond acceptors (Lipinski definition) is 5. The number of hydrogen-bond donors (Lipinski definition) is 2. The number of rotatable bonds is 3. The topological polar surface area (TPSA) is 81.1 Å². The van der Waals surface area contributed by atoms with E-state index in [0.717, 1.165) is 42.5 Å². The van der Waals surface area contributed by atoms with Gasteiger partial charge in [-0.3, -0.25) is 4.90 Å². The summed E-state index contributed by atoms with van der Waals surface area (Å²) >= 11 is 7.89. The zero-order valence-corrected chi connectivity index (χ0v) is 19.1. The fraction of sp³-hybridized carbons (Fsp3) is 0.304. The van der Waals surface area contributed by atoms with Crippen LogP contribution in [0.5, 0.6) is 0 Å². The predicted octanol–water partition coefficient (Wildman–Crippen LogP) is 4.19. The maximum absolute atomic E-state index is 13.8. The molecule has 6 nitrogen and oxygen atoms in total. The van der Waals surface area contributed by atoms with Crippen LogP contribution >= 0.6 is 23.4 Å². The van der Waals surface area contributed by atoms with Crippen molar-refractivity contribution in [3.63, 3.8) is 0 Å². The molecule has 2 aromatic carbocycles. The van der Waals surface area contributed by atoms with Crippen LogP contribution < -0.4 is 0 Å². The molecule has 0 aliphatic carbocycles. The van der Waals surface area contributed by atoms with Gasteiger partial charge >= 0.3 is 11.9 Å². The molecule has 0 spiro atoms. The molecule has 9 heteroatoms. The van der Waals surface area contributed by atoms with E-state index in [9.17, 15) is 14.0 Å². The molecule has 2 heterocycles. The van der Waals surface area contributed by atoms with Gasteiger partial charge in [0.1, 0.15) is 5.82 Å². The van der Waals surface area contributed by atoms with Gasteiger partial charge in [0, 0.05) is 59.2 Å². The van der Waals surface area contributed by atoms with Gasteiger partial charge in [0.05, 0.1) is 0 Å². The monoisotopic (exact) mass is 478 g/mol. The predicted molar refractivity (Wildman–Crippen MR) is 122 cm³/mol. The van der Waals surface area contributed by atoms with Crippen LogP contribution in [0.2, 0.25) is 5.02 Å². The van der Waals surface area contributed by atoms with Crippen molar-refractivity contribution in [3.8, 4) is 0 Å². The number of likely N-dealkylation sites (N-methyl/N-ethyl adjacent to an activating group) is 1. The molecular formula is C23H24ClFN2O4S. The van der Waals surface area contributed by atoms with Gasteiger partial charge in [-0.1, -0.05) is 29.4 Å². The molecule has 1 fully saturated rings. The second-order valence-electron chi connectivity index (χ2n) is 7.61. The van der Waals surface area contributed by atoms with E-state index in [-0.39, 0.29) is 11.9 Å². The molecule has 1 saturated heterocycles. The molecular weight excluding hydrogens is 455 g/mol. The average Bonchev–Trinajstić information content (AvgIpc) is 2.89. The first-order valence-corrected chi connectivity index (χ1v) is 11.2. The third-order valence-electron chi connectivity index (χ3n) is 5.34. The molecule has 1 atom stereocenters. The SMILES string of the molecule is CN1CCN(C2Cc3cc(Cl)ccc3Sc3cc(F)ccc32)CC1.O=C(O)/C=C\C(=O)O. The smallest absolute Gasteiger partial charge is 0.328 e. The summed E-state index contributed by atoms with van der Waals surface area (Å²) in [6.45, 7) is 4.22. The van der Waals surface area contributed by atoms with E-state index >= 15 is 0 Å². The fourth-order valence-electron chi connectivity index (χ4n) is 3.72. The molecule has 0 amide bonds. The van der Waals surface area contributed by atoms with Crippen LogP contribution in [0.4, 0.5) is 4.39 Å². The number of carboxylic acids is 2. The standard InChI is InChI=1S/C19H20ClFN2S.C4H4O4/c1-22-6-8-23(9-7-22)17-11-13-10-14(20)2-5-18(13)24-19-12-15(21)3-4-16(17)19;5-3(6)1-2-4(7)8/h2-5,10,12,17H,6-9,11H2,1H3;1-2H,(H,5,6)(H,7,8)/b;2-1-. The van der Waals surface area contributed by atoms with E-state index in [1.165, 1.54) is 16.0 Å². The summed E-state index contributed by atoms with van der Waals surface area (Å²) in [5.74, 6) is -2.68. The van der Waals surface area contributed by atoms with Crippen molar-refractivity contribution >= 4 is 35.3 Å². The summed E-state index contributed by atoms with van der Waals surface area (Å²) in [5.41, 5.74) is 2.49. The van der Waals surface area contributed by atoms with Crippen LogP contribution in [0.1, 0.15) is 17.2 Å². The summed E-state index contributed by atoms with van der Waals surface area (Å²) in [7, 11) is 2.17. The molecule has 2 N–H and O–H groups in total. The number of carbonyl (C=O) groups is 2. The Balaban J connectivity index is 0.000000312. The van der Waals surface area contributed by atoms with Crippen LogP contribution in [0.15, 0.2) is 58.3 Å². The summed E-state index contributed by atoms with van der Waals surface area (Å²) in [5, 5.41) is 16.4. The molecule has 2 aliphatic rings. The van der Waals surface area contributed by atoms with Crippen LogP contribution in [-0.2, 0) is 16.0 Å². The van der Waals surface area contributed by atoms with Crippen LogP contribution in [-0.4, -0.2) is 65.2 Å². The van der Waals surface area contributed by atoms with Gasteiger partial charge < -0.3 is 15.1 Å². The Morgan fingerprint density at radius 3 is 2.31 bits per heavy atom. The van der Waals surface area contributed by atoms with Crippen LogP contribution in [0, 0.1) is 5.82 Å². The Hall–Kier alpha value is -2.39. The van der Waals surface area contributed by atoms with Crippen molar-refractivity contribution in [1.82, 2.24) is 9.80 Å². The lowest BCUT2D eigenvalue weighted by atomic mass is 9.96. The zero-order chi connectivity index (χ0) is 23.3. The minimum absolute atomic E-state index is 0.171. The largest absolute Gasteiger partial charge is 0.478 e. The molecule has 2 aromatic rings. The molecule has 0 bridgehead atoms. The lowest BCUT2D eigenvalue weighted by molar-refractivity contribution is -0.134. The Bertz CT molecular complexity index is 1010. The number of piperazine rings is 1. The number of aliphatic carboxylic acids is 2. The van der Waals surface area contributed by atoms with E-state index in [2.05, 4.69) is 29.0 Å². The van der Waals surface area contributed by atoms with Gasteiger partial charge in [0.2, 0.25) is 0 Å². The molecule has 1 unspecified atom stereocenters. The average molecular weight is 479 g/mol. The molecule has 32 heavy (non-hydrogen) atoms. The lowest BCUT2D eigenvalue weighted by Gasteiger charge is -2.38. The van der Waals surface area contributed by atoms with Gasteiger partial charge in [0.15, 0.2) is 0 Å². The highest BCUT2D eigenvalue weighted by Gasteiger charge is 2.29. The first-order valence-electron chi connectivity index (χ1n) is 10.0. The van der Waals surface area contributed by atoms with Crippen molar-refractivity contribution < 1.29 is 24.2 Å². The molecule has 0 saturated carbocycles. The van der Waals surface area contributed by atoms with Gasteiger partial charge in [-0.05, 0) is 54.9 Å². The zero-order valence-electron chi connectivity index (χ0n) is 17.5. The van der Waals surface area contributed by atoms with Crippen molar-refractivity contribution in [2.24, 2.45) is 0 Å². The lowest BCUT2D eigenvalue weighted by Crippen LogP contribution is -2.46. The third-order valence-corrected chi connectivity index (χ3v) is 6.76. The highest BCUT2D eigenvalue weighted by Crippen LogP contribution is 2.43. The maximum atomic E-state index is 13.8. The molecule has 170 valence electrons. The van der Waals surface area contributed by atoms with Gasteiger partial charge in [-0.15, -0.1) is 0 Å². The van der Waals surface area contributed by atoms with Crippen molar-refractivity contribution in [2.75, 3.05) is 33.2 Å². The van der Waals surface area contributed by atoms with E-state index in [1.54, 1.807) is 23.9 Å². The van der Waals surface area contributed by atoms with Crippen molar-refractivity contribution in [3.05, 3.63) is 70.5 Å². The Labute approximate surface area is 195 Å². The Kier molecular flexibility index (Phi) is 8.31. The highest BCUT2D eigenvalue weighted by atomic mass is 35.5. The Morgan fingerprint density at radius 2 is 1.69 bits per heavy atom. The summed E-state index contributed by atoms with van der Waals surface area (Å²) in [6, 6.07) is 11.6. The minimum atomic E-state index is -1.26. The van der Waals surface area contributed by atoms with Gasteiger partial charge in [-0.2, -0.15) is 0 Å². The summed E-state index contributed by atoms with van der Waals surface area (Å²) in [4.78, 5) is 26.2. The quantitative estimate of drug-likeness (QED) is 0.640.